The summed E-state index contributed by atoms with van der Waals surface area (Å²) in [4.78, 5) is 36.5. The van der Waals surface area contributed by atoms with Crippen molar-refractivity contribution in [3.05, 3.63) is 83.4 Å². The van der Waals surface area contributed by atoms with E-state index in [2.05, 4.69) is 10.6 Å². The Bertz CT molecular complexity index is 1170. The number of hydrogen-bond acceptors (Lipinski definition) is 6. The fourth-order valence-corrected chi connectivity index (χ4v) is 3.02. The first kappa shape index (κ1) is 24.3. The molecule has 0 aliphatic rings. The lowest BCUT2D eigenvalue weighted by atomic mass is 10.1. The fourth-order valence-electron chi connectivity index (χ4n) is 3.02. The molecular weight excluding hydrogens is 436 g/mol. The van der Waals surface area contributed by atoms with E-state index in [-0.39, 0.29) is 24.9 Å². The quantitative estimate of drug-likeness (QED) is 0.356. The Labute approximate surface area is 197 Å². The zero-order valence-electron chi connectivity index (χ0n) is 19.2. The highest BCUT2D eigenvalue weighted by molar-refractivity contribution is 6.07. The van der Waals surface area contributed by atoms with Crippen LogP contribution in [-0.4, -0.2) is 31.2 Å². The molecule has 0 aliphatic heterocycles. The van der Waals surface area contributed by atoms with Gasteiger partial charge >= 0.3 is 6.16 Å². The summed E-state index contributed by atoms with van der Waals surface area (Å²) in [5, 5.41) is 5.54. The fraction of sp³-hybridized carbons (Fsp3) is 0.192. The SMILES string of the molecule is CCOC(=O)Oc1ccc(C(=O)Nc2ccccc2NC(=O)COc2cccc(C)c2C)cc1. The number of carbonyl (C=O) groups excluding carboxylic acids is 3. The molecule has 8 nitrogen and oxygen atoms in total. The lowest BCUT2D eigenvalue weighted by Gasteiger charge is -2.14. The molecule has 0 heterocycles. The molecule has 0 radical (unpaired) electrons. The number of anilines is 2. The van der Waals surface area contributed by atoms with Crippen LogP contribution in [0.25, 0.3) is 0 Å². The van der Waals surface area contributed by atoms with Crippen molar-refractivity contribution in [1.82, 2.24) is 0 Å². The number of amides is 2. The van der Waals surface area contributed by atoms with Gasteiger partial charge in [0, 0.05) is 5.56 Å². The van der Waals surface area contributed by atoms with Crippen molar-refractivity contribution in [2.24, 2.45) is 0 Å². The molecule has 34 heavy (non-hydrogen) atoms. The third-order valence-electron chi connectivity index (χ3n) is 4.94. The van der Waals surface area contributed by atoms with Crippen LogP contribution in [0.3, 0.4) is 0 Å². The van der Waals surface area contributed by atoms with E-state index < -0.39 is 12.1 Å². The minimum Gasteiger partial charge on any atom is -0.483 e. The molecule has 0 bridgehead atoms. The van der Waals surface area contributed by atoms with Crippen LogP contribution < -0.4 is 20.1 Å². The van der Waals surface area contributed by atoms with E-state index in [0.29, 0.717) is 22.7 Å². The van der Waals surface area contributed by atoms with Gasteiger partial charge in [-0.2, -0.15) is 0 Å². The van der Waals surface area contributed by atoms with Crippen molar-refractivity contribution in [3.8, 4) is 11.5 Å². The first-order valence-electron chi connectivity index (χ1n) is 10.7. The van der Waals surface area contributed by atoms with Crippen molar-refractivity contribution in [2.45, 2.75) is 20.8 Å². The van der Waals surface area contributed by atoms with Gasteiger partial charge in [0.1, 0.15) is 11.5 Å². The second-order valence-electron chi connectivity index (χ2n) is 7.34. The van der Waals surface area contributed by atoms with Crippen LogP contribution in [0.4, 0.5) is 16.2 Å². The molecule has 0 aliphatic carbocycles. The monoisotopic (exact) mass is 462 g/mol. The van der Waals surface area contributed by atoms with Gasteiger partial charge in [-0.3, -0.25) is 9.59 Å². The van der Waals surface area contributed by atoms with Crippen molar-refractivity contribution in [2.75, 3.05) is 23.8 Å². The van der Waals surface area contributed by atoms with Gasteiger partial charge in [0.25, 0.3) is 11.8 Å². The Morgan fingerprint density at radius 2 is 1.50 bits per heavy atom. The van der Waals surface area contributed by atoms with Gasteiger partial charge in [0.2, 0.25) is 0 Å². The maximum absolute atomic E-state index is 12.7. The Balaban J connectivity index is 1.61. The summed E-state index contributed by atoms with van der Waals surface area (Å²) in [5.41, 5.74) is 3.26. The summed E-state index contributed by atoms with van der Waals surface area (Å²) in [6.07, 6.45) is -0.814. The van der Waals surface area contributed by atoms with Crippen LogP contribution in [0.15, 0.2) is 66.7 Å². The van der Waals surface area contributed by atoms with Crippen LogP contribution in [0.5, 0.6) is 11.5 Å². The Hall–Kier alpha value is -4.33. The minimum atomic E-state index is -0.814. The van der Waals surface area contributed by atoms with E-state index in [4.69, 9.17) is 14.2 Å². The molecule has 3 rings (SSSR count). The molecule has 0 unspecified atom stereocenters. The number of aryl methyl sites for hydroxylation is 1. The van der Waals surface area contributed by atoms with Gasteiger partial charge < -0.3 is 24.8 Å². The van der Waals surface area contributed by atoms with E-state index in [9.17, 15) is 14.4 Å². The van der Waals surface area contributed by atoms with E-state index in [0.717, 1.165) is 11.1 Å². The lowest BCUT2D eigenvalue weighted by Crippen LogP contribution is -2.22. The molecule has 3 aromatic carbocycles. The molecule has 0 saturated heterocycles. The Kier molecular flexibility index (Phi) is 8.23. The van der Waals surface area contributed by atoms with Crippen LogP contribution in [0, 0.1) is 13.8 Å². The zero-order chi connectivity index (χ0) is 24.5. The molecule has 176 valence electrons. The number of benzene rings is 3. The molecule has 0 spiro atoms. The van der Waals surface area contributed by atoms with Gasteiger partial charge in [0.05, 0.1) is 18.0 Å². The standard InChI is InChI=1S/C26H26N2O6/c1-4-32-26(31)34-20-14-12-19(13-15-20)25(30)28-22-10-6-5-9-21(22)27-24(29)16-33-23-11-7-8-17(2)18(23)3/h5-15H,4,16H2,1-3H3,(H,27,29)(H,28,30). The number of nitrogens with one attached hydrogen (secondary N) is 2. The number of para-hydroxylation sites is 2. The lowest BCUT2D eigenvalue weighted by molar-refractivity contribution is -0.118. The van der Waals surface area contributed by atoms with Gasteiger partial charge in [-0.15, -0.1) is 0 Å². The van der Waals surface area contributed by atoms with E-state index >= 15 is 0 Å². The normalized spacial score (nSPS) is 10.2. The number of carbonyl (C=O) groups is 3. The number of rotatable bonds is 8. The van der Waals surface area contributed by atoms with Crippen molar-refractivity contribution in [3.63, 3.8) is 0 Å². The van der Waals surface area contributed by atoms with Crippen molar-refractivity contribution in [1.29, 1.82) is 0 Å². The van der Waals surface area contributed by atoms with Crippen LogP contribution in [0.2, 0.25) is 0 Å². The summed E-state index contributed by atoms with van der Waals surface area (Å²) in [5.74, 6) is 0.151. The zero-order valence-corrected chi connectivity index (χ0v) is 19.2. The van der Waals surface area contributed by atoms with Crippen molar-refractivity contribution >= 4 is 29.3 Å². The summed E-state index contributed by atoms with van der Waals surface area (Å²) in [6, 6.07) is 18.5. The van der Waals surface area contributed by atoms with E-state index in [1.807, 2.05) is 32.0 Å². The Morgan fingerprint density at radius 1 is 0.824 bits per heavy atom. The minimum absolute atomic E-state index is 0.172. The summed E-state index contributed by atoms with van der Waals surface area (Å²) >= 11 is 0. The maximum Gasteiger partial charge on any atom is 0.513 e. The predicted octanol–water partition coefficient (Wildman–Crippen LogP) is 5.11. The van der Waals surface area contributed by atoms with Crippen LogP contribution >= 0.6 is 0 Å². The van der Waals surface area contributed by atoms with Crippen LogP contribution in [0.1, 0.15) is 28.4 Å². The average molecular weight is 463 g/mol. The molecule has 0 aromatic heterocycles. The topological polar surface area (TPSA) is 103 Å². The van der Waals surface area contributed by atoms with E-state index in [1.54, 1.807) is 31.2 Å². The summed E-state index contributed by atoms with van der Waals surface area (Å²) in [7, 11) is 0. The Morgan fingerprint density at radius 3 is 2.18 bits per heavy atom. The first-order chi connectivity index (χ1) is 16.4. The molecule has 2 amide bonds. The highest BCUT2D eigenvalue weighted by Crippen LogP contribution is 2.23. The highest BCUT2D eigenvalue weighted by atomic mass is 16.7. The molecule has 2 N–H and O–H groups in total. The second kappa shape index (κ2) is 11.5. The molecular formula is C26H26N2O6. The molecule has 0 atom stereocenters. The third-order valence-corrected chi connectivity index (χ3v) is 4.94. The smallest absolute Gasteiger partial charge is 0.483 e. The molecule has 8 heteroatoms. The van der Waals surface area contributed by atoms with E-state index in [1.165, 1.54) is 24.3 Å². The van der Waals surface area contributed by atoms with Crippen molar-refractivity contribution < 1.29 is 28.6 Å². The number of ether oxygens (including phenoxy) is 3. The van der Waals surface area contributed by atoms with Gasteiger partial charge in [0.15, 0.2) is 6.61 Å². The second-order valence-corrected chi connectivity index (χ2v) is 7.34. The summed E-state index contributed by atoms with van der Waals surface area (Å²) < 4.78 is 15.4. The van der Waals surface area contributed by atoms with Gasteiger partial charge in [-0.25, -0.2) is 4.79 Å². The maximum atomic E-state index is 12.7. The highest BCUT2D eigenvalue weighted by Gasteiger charge is 2.13. The predicted molar refractivity (Wildman–Crippen MR) is 129 cm³/mol. The first-order valence-corrected chi connectivity index (χ1v) is 10.7. The van der Waals surface area contributed by atoms with Crippen LogP contribution in [-0.2, 0) is 9.53 Å². The molecule has 0 fully saturated rings. The molecule has 3 aromatic rings. The summed E-state index contributed by atoms with van der Waals surface area (Å²) in [6.45, 7) is 5.61. The molecule has 0 saturated carbocycles. The third kappa shape index (κ3) is 6.59. The largest absolute Gasteiger partial charge is 0.513 e. The number of hydrogen-bond donors (Lipinski definition) is 2. The average Bonchev–Trinajstić information content (AvgIpc) is 2.82. The van der Waals surface area contributed by atoms with Gasteiger partial charge in [-0.1, -0.05) is 24.3 Å². The van der Waals surface area contributed by atoms with Gasteiger partial charge in [-0.05, 0) is 74.4 Å².